The molecule has 0 radical (unpaired) electrons. The molecule has 3 aromatic carbocycles. The molecule has 0 bridgehead atoms. The number of quaternary nitrogens is 1. The standard InChI is InChI=1S/C21H24N/c1-4-22(5-2)13-18-12-17-11-10-16-8-6-7-9-19(16)21(17)15(3)20(18)14-22/h6-12H,4-5,13-14H2,1-3H3/q+1. The lowest BCUT2D eigenvalue weighted by atomic mass is 9.93. The molecule has 1 heteroatoms. The van der Waals surface area contributed by atoms with Gasteiger partial charge in [0.2, 0.25) is 0 Å². The molecule has 0 aliphatic carbocycles. The van der Waals surface area contributed by atoms with Gasteiger partial charge < -0.3 is 4.48 Å². The van der Waals surface area contributed by atoms with Crippen molar-refractivity contribution in [1.82, 2.24) is 0 Å². The van der Waals surface area contributed by atoms with Crippen molar-refractivity contribution in [3.8, 4) is 0 Å². The third-order valence-corrected chi connectivity index (χ3v) is 5.85. The van der Waals surface area contributed by atoms with Crippen LogP contribution in [0.4, 0.5) is 0 Å². The van der Waals surface area contributed by atoms with Crippen molar-refractivity contribution < 1.29 is 4.48 Å². The van der Waals surface area contributed by atoms with Gasteiger partial charge >= 0.3 is 0 Å². The molecule has 22 heavy (non-hydrogen) atoms. The van der Waals surface area contributed by atoms with Crippen molar-refractivity contribution in [2.75, 3.05) is 13.1 Å². The highest BCUT2D eigenvalue weighted by Crippen LogP contribution is 2.38. The van der Waals surface area contributed by atoms with E-state index in [1.807, 2.05) is 0 Å². The quantitative estimate of drug-likeness (QED) is 0.451. The number of aryl methyl sites for hydroxylation is 1. The number of fused-ring (bicyclic) bond motifs is 4. The van der Waals surface area contributed by atoms with E-state index >= 15 is 0 Å². The molecule has 0 aromatic heterocycles. The molecular formula is C21H24N+. The summed E-state index contributed by atoms with van der Waals surface area (Å²) in [5, 5.41) is 5.62. The van der Waals surface area contributed by atoms with E-state index in [0.717, 1.165) is 0 Å². The second-order valence-electron chi connectivity index (χ2n) is 6.81. The zero-order valence-corrected chi connectivity index (χ0v) is 13.8. The minimum absolute atomic E-state index is 1.20. The van der Waals surface area contributed by atoms with Crippen molar-refractivity contribution in [3.05, 3.63) is 59.2 Å². The fourth-order valence-corrected chi connectivity index (χ4v) is 4.28. The van der Waals surface area contributed by atoms with Crippen molar-refractivity contribution in [3.63, 3.8) is 0 Å². The van der Waals surface area contributed by atoms with Gasteiger partial charge in [-0.05, 0) is 53.9 Å². The van der Waals surface area contributed by atoms with Crippen LogP contribution >= 0.6 is 0 Å². The van der Waals surface area contributed by atoms with E-state index in [-0.39, 0.29) is 0 Å². The van der Waals surface area contributed by atoms with Gasteiger partial charge in [-0.1, -0.05) is 36.4 Å². The molecule has 0 spiro atoms. The van der Waals surface area contributed by atoms with Crippen LogP contribution in [0.1, 0.15) is 30.5 Å². The lowest BCUT2D eigenvalue weighted by Crippen LogP contribution is -2.42. The molecule has 112 valence electrons. The fraction of sp³-hybridized carbons (Fsp3) is 0.333. The molecule has 0 saturated heterocycles. The van der Waals surface area contributed by atoms with Gasteiger partial charge in [0, 0.05) is 11.1 Å². The normalized spacial score (nSPS) is 16.3. The van der Waals surface area contributed by atoms with Crippen LogP contribution in [0.2, 0.25) is 0 Å². The summed E-state index contributed by atoms with van der Waals surface area (Å²) in [6.45, 7) is 11.8. The maximum atomic E-state index is 2.45. The summed E-state index contributed by atoms with van der Waals surface area (Å²) in [4.78, 5) is 0. The Morgan fingerprint density at radius 3 is 2.41 bits per heavy atom. The molecular weight excluding hydrogens is 266 g/mol. The molecule has 0 N–H and O–H groups in total. The van der Waals surface area contributed by atoms with E-state index in [1.54, 1.807) is 11.1 Å². The van der Waals surface area contributed by atoms with Crippen molar-refractivity contribution in [1.29, 1.82) is 0 Å². The van der Waals surface area contributed by atoms with Crippen molar-refractivity contribution in [2.45, 2.75) is 33.9 Å². The second kappa shape index (κ2) is 4.82. The lowest BCUT2D eigenvalue weighted by Gasteiger charge is -2.31. The zero-order valence-electron chi connectivity index (χ0n) is 13.8. The molecule has 3 aromatic rings. The van der Waals surface area contributed by atoms with Crippen LogP contribution in [0.25, 0.3) is 21.5 Å². The zero-order chi connectivity index (χ0) is 15.3. The number of benzene rings is 3. The Morgan fingerprint density at radius 1 is 0.909 bits per heavy atom. The summed E-state index contributed by atoms with van der Waals surface area (Å²) >= 11 is 0. The summed E-state index contributed by atoms with van der Waals surface area (Å²) in [6.07, 6.45) is 0. The third-order valence-electron chi connectivity index (χ3n) is 5.85. The molecule has 0 amide bonds. The molecule has 0 saturated carbocycles. The molecule has 1 aliphatic heterocycles. The van der Waals surface area contributed by atoms with Crippen LogP contribution in [0, 0.1) is 6.92 Å². The minimum Gasteiger partial charge on any atom is -0.317 e. The monoisotopic (exact) mass is 290 g/mol. The van der Waals surface area contributed by atoms with Crippen LogP contribution in [-0.2, 0) is 13.1 Å². The van der Waals surface area contributed by atoms with Gasteiger partial charge in [0.05, 0.1) is 13.1 Å². The van der Waals surface area contributed by atoms with Crippen LogP contribution in [0.15, 0.2) is 42.5 Å². The average molecular weight is 290 g/mol. The summed E-state index contributed by atoms with van der Waals surface area (Å²) < 4.78 is 1.21. The smallest absolute Gasteiger partial charge is 0.105 e. The number of rotatable bonds is 2. The maximum Gasteiger partial charge on any atom is 0.105 e. The van der Waals surface area contributed by atoms with E-state index in [0.29, 0.717) is 0 Å². The highest BCUT2D eigenvalue weighted by molar-refractivity contribution is 6.09. The first-order chi connectivity index (χ1) is 10.7. The largest absolute Gasteiger partial charge is 0.317 e. The van der Waals surface area contributed by atoms with E-state index in [1.165, 1.54) is 57.8 Å². The summed E-state index contributed by atoms with van der Waals surface area (Å²) in [7, 11) is 0. The topological polar surface area (TPSA) is 0 Å². The summed E-state index contributed by atoms with van der Waals surface area (Å²) in [6, 6.07) is 15.8. The first-order valence-electron chi connectivity index (χ1n) is 8.45. The molecule has 0 fully saturated rings. The van der Waals surface area contributed by atoms with Crippen molar-refractivity contribution in [2.24, 2.45) is 0 Å². The van der Waals surface area contributed by atoms with E-state index in [4.69, 9.17) is 0 Å². The van der Waals surface area contributed by atoms with Gasteiger partial charge in [0.15, 0.2) is 0 Å². The average Bonchev–Trinajstić information content (AvgIpc) is 2.94. The first kappa shape index (κ1) is 13.8. The SMILES string of the molecule is CC[N+]1(CC)Cc2cc3ccc4ccccc4c3c(C)c2C1. The number of nitrogens with zero attached hydrogens (tertiary/aromatic N) is 1. The Bertz CT molecular complexity index is 872. The highest BCUT2D eigenvalue weighted by atomic mass is 15.4. The summed E-state index contributed by atoms with van der Waals surface area (Å²) in [5.74, 6) is 0. The molecule has 1 nitrogen and oxygen atoms in total. The highest BCUT2D eigenvalue weighted by Gasteiger charge is 2.34. The van der Waals surface area contributed by atoms with Gasteiger partial charge in [-0.15, -0.1) is 0 Å². The molecule has 1 heterocycles. The minimum atomic E-state index is 1.20. The van der Waals surface area contributed by atoms with Gasteiger partial charge in [-0.3, -0.25) is 0 Å². The first-order valence-corrected chi connectivity index (χ1v) is 8.45. The van der Waals surface area contributed by atoms with Gasteiger partial charge in [0.25, 0.3) is 0 Å². The molecule has 0 unspecified atom stereocenters. The molecule has 1 aliphatic rings. The Kier molecular flexibility index (Phi) is 3.02. The molecule has 4 rings (SSSR count). The maximum absolute atomic E-state index is 2.45. The Labute approximate surface area is 132 Å². The van der Waals surface area contributed by atoms with Crippen LogP contribution in [-0.4, -0.2) is 17.6 Å². The fourth-order valence-electron chi connectivity index (χ4n) is 4.28. The van der Waals surface area contributed by atoms with E-state index in [2.05, 4.69) is 63.2 Å². The Morgan fingerprint density at radius 2 is 1.64 bits per heavy atom. The predicted molar refractivity (Wildman–Crippen MR) is 94.9 cm³/mol. The van der Waals surface area contributed by atoms with E-state index < -0.39 is 0 Å². The van der Waals surface area contributed by atoms with Crippen LogP contribution in [0.3, 0.4) is 0 Å². The number of hydrogen-bond donors (Lipinski definition) is 0. The van der Waals surface area contributed by atoms with Crippen LogP contribution < -0.4 is 0 Å². The van der Waals surface area contributed by atoms with Crippen molar-refractivity contribution >= 4 is 21.5 Å². The van der Waals surface area contributed by atoms with Gasteiger partial charge in [-0.2, -0.15) is 0 Å². The van der Waals surface area contributed by atoms with E-state index in [9.17, 15) is 0 Å². The summed E-state index contributed by atoms with van der Waals surface area (Å²) in [5.41, 5.74) is 4.68. The lowest BCUT2D eigenvalue weighted by molar-refractivity contribution is -0.944. The van der Waals surface area contributed by atoms with Gasteiger partial charge in [-0.25, -0.2) is 0 Å². The predicted octanol–water partition coefficient (Wildman–Crippen LogP) is 5.17. The third kappa shape index (κ3) is 1.82. The molecule has 0 atom stereocenters. The van der Waals surface area contributed by atoms with Crippen LogP contribution in [0.5, 0.6) is 0 Å². The second-order valence-corrected chi connectivity index (χ2v) is 6.81. The number of hydrogen-bond acceptors (Lipinski definition) is 0. The Hall–Kier alpha value is -1.86. The van der Waals surface area contributed by atoms with Gasteiger partial charge in [0.1, 0.15) is 13.1 Å². The Balaban J connectivity index is 2.03.